The van der Waals surface area contributed by atoms with E-state index in [0.717, 1.165) is 34.9 Å². The lowest BCUT2D eigenvalue weighted by molar-refractivity contribution is 0.414. The fourth-order valence-corrected chi connectivity index (χ4v) is 1.71. The Bertz CT molecular complexity index is 505. The van der Waals surface area contributed by atoms with Gasteiger partial charge in [0.25, 0.3) is 0 Å². The number of benzene rings is 1. The highest BCUT2D eigenvalue weighted by molar-refractivity contribution is 5.53. The number of hydrogen-bond donors (Lipinski definition) is 2. The first-order valence-electron chi connectivity index (χ1n) is 5.58. The third kappa shape index (κ3) is 2.58. The van der Waals surface area contributed by atoms with E-state index in [1.165, 1.54) is 0 Å². The Morgan fingerprint density at radius 2 is 2.18 bits per heavy atom. The Balaban J connectivity index is 2.07. The largest absolute Gasteiger partial charge is 0.497 e. The molecule has 0 aliphatic heterocycles. The maximum Gasteiger partial charge on any atom is 0.119 e. The second-order valence-corrected chi connectivity index (χ2v) is 4.01. The molecule has 0 saturated carbocycles. The molecule has 2 N–H and O–H groups in total. The predicted molar refractivity (Wildman–Crippen MR) is 68.4 cm³/mol. The zero-order chi connectivity index (χ0) is 12.3. The summed E-state index contributed by atoms with van der Waals surface area (Å²) in [6, 6.07) is 5.99. The molecule has 4 heteroatoms. The van der Waals surface area contributed by atoms with Crippen LogP contribution in [-0.2, 0) is 6.54 Å². The van der Waals surface area contributed by atoms with Crippen LogP contribution < -0.4 is 10.1 Å². The van der Waals surface area contributed by atoms with Gasteiger partial charge in [-0.1, -0.05) is 0 Å². The lowest BCUT2D eigenvalue weighted by atomic mass is 10.2. The molecule has 0 unspecified atom stereocenters. The minimum absolute atomic E-state index is 0.725. The predicted octanol–water partition coefficient (Wildman–Crippen LogP) is 2.65. The number of aryl methyl sites for hydroxylation is 2. The number of aromatic nitrogens is 2. The monoisotopic (exact) mass is 231 g/mol. The lowest BCUT2D eigenvalue weighted by Gasteiger charge is -2.10. The van der Waals surface area contributed by atoms with Gasteiger partial charge in [0.15, 0.2) is 0 Å². The summed E-state index contributed by atoms with van der Waals surface area (Å²) in [7, 11) is 1.68. The zero-order valence-corrected chi connectivity index (χ0v) is 10.4. The van der Waals surface area contributed by atoms with Gasteiger partial charge in [-0.3, -0.25) is 0 Å². The van der Waals surface area contributed by atoms with E-state index in [0.29, 0.717) is 0 Å². The Hall–Kier alpha value is -1.97. The molecule has 0 bridgehead atoms. The molecule has 1 aromatic heterocycles. The van der Waals surface area contributed by atoms with E-state index in [1.807, 2.05) is 25.1 Å². The quantitative estimate of drug-likeness (QED) is 0.850. The molecule has 17 heavy (non-hydrogen) atoms. The summed E-state index contributed by atoms with van der Waals surface area (Å²) in [6.45, 7) is 4.80. The van der Waals surface area contributed by atoms with Crippen molar-refractivity contribution in [3.05, 3.63) is 41.5 Å². The molecule has 0 radical (unpaired) electrons. The number of rotatable bonds is 4. The van der Waals surface area contributed by atoms with Gasteiger partial charge < -0.3 is 15.0 Å². The van der Waals surface area contributed by atoms with Crippen LogP contribution in [0.3, 0.4) is 0 Å². The number of hydrogen-bond acceptors (Lipinski definition) is 3. The number of imidazole rings is 1. The second kappa shape index (κ2) is 4.91. The Kier molecular flexibility index (Phi) is 3.32. The van der Waals surface area contributed by atoms with Crippen LogP contribution in [0.5, 0.6) is 5.75 Å². The first-order valence-corrected chi connectivity index (χ1v) is 5.58. The zero-order valence-electron chi connectivity index (χ0n) is 10.4. The highest BCUT2D eigenvalue weighted by Crippen LogP contribution is 2.21. The molecule has 1 aromatic carbocycles. The van der Waals surface area contributed by atoms with E-state index in [9.17, 15) is 0 Å². The lowest BCUT2D eigenvalue weighted by Crippen LogP contribution is -2.02. The SMILES string of the molecule is COc1ccc(NCc2nc[nH]c2C)c(C)c1. The van der Waals surface area contributed by atoms with Crippen molar-refractivity contribution in [2.45, 2.75) is 20.4 Å². The van der Waals surface area contributed by atoms with Gasteiger partial charge in [0, 0.05) is 11.4 Å². The highest BCUT2D eigenvalue weighted by atomic mass is 16.5. The molecular formula is C13H17N3O. The van der Waals surface area contributed by atoms with Crippen molar-refractivity contribution in [3.8, 4) is 5.75 Å². The van der Waals surface area contributed by atoms with Gasteiger partial charge in [-0.05, 0) is 37.6 Å². The maximum absolute atomic E-state index is 5.17. The number of nitrogens with one attached hydrogen (secondary N) is 2. The maximum atomic E-state index is 5.17. The van der Waals surface area contributed by atoms with Gasteiger partial charge in [0.2, 0.25) is 0 Å². The molecular weight excluding hydrogens is 214 g/mol. The molecule has 0 aliphatic rings. The standard InChI is InChI=1S/C13H17N3O/c1-9-6-11(17-3)4-5-12(9)14-7-13-10(2)15-8-16-13/h4-6,8,14H,7H2,1-3H3,(H,15,16). The number of H-pyrrole nitrogens is 1. The fourth-order valence-electron chi connectivity index (χ4n) is 1.71. The third-order valence-corrected chi connectivity index (χ3v) is 2.81. The van der Waals surface area contributed by atoms with E-state index in [4.69, 9.17) is 4.74 Å². The minimum Gasteiger partial charge on any atom is -0.497 e. The van der Waals surface area contributed by atoms with Gasteiger partial charge >= 0.3 is 0 Å². The van der Waals surface area contributed by atoms with E-state index in [-0.39, 0.29) is 0 Å². The summed E-state index contributed by atoms with van der Waals surface area (Å²) in [5.74, 6) is 0.879. The Morgan fingerprint density at radius 1 is 1.35 bits per heavy atom. The Labute approximate surface area is 101 Å². The van der Waals surface area contributed by atoms with Gasteiger partial charge in [-0.2, -0.15) is 0 Å². The number of aromatic amines is 1. The average Bonchev–Trinajstić information content (AvgIpc) is 2.73. The van der Waals surface area contributed by atoms with Crippen molar-refractivity contribution in [2.24, 2.45) is 0 Å². The highest BCUT2D eigenvalue weighted by Gasteiger charge is 2.03. The van der Waals surface area contributed by atoms with Gasteiger partial charge in [-0.25, -0.2) is 4.98 Å². The molecule has 0 fully saturated rings. The van der Waals surface area contributed by atoms with Gasteiger partial charge in [0.05, 0.1) is 25.7 Å². The molecule has 4 nitrogen and oxygen atoms in total. The van der Waals surface area contributed by atoms with Crippen LogP contribution in [0.1, 0.15) is 17.0 Å². The smallest absolute Gasteiger partial charge is 0.119 e. The van der Waals surface area contributed by atoms with Crippen molar-refractivity contribution in [3.63, 3.8) is 0 Å². The van der Waals surface area contributed by atoms with Crippen molar-refractivity contribution >= 4 is 5.69 Å². The topological polar surface area (TPSA) is 49.9 Å². The van der Waals surface area contributed by atoms with E-state index < -0.39 is 0 Å². The summed E-state index contributed by atoms with van der Waals surface area (Å²) < 4.78 is 5.17. The molecule has 0 amide bonds. The summed E-state index contributed by atoms with van der Waals surface area (Å²) in [6.07, 6.45) is 1.72. The first-order chi connectivity index (χ1) is 8.20. The van der Waals surface area contributed by atoms with Crippen LogP contribution in [0.4, 0.5) is 5.69 Å². The van der Waals surface area contributed by atoms with Crippen LogP contribution in [0.25, 0.3) is 0 Å². The van der Waals surface area contributed by atoms with Crippen LogP contribution in [0.15, 0.2) is 24.5 Å². The molecule has 0 aliphatic carbocycles. The second-order valence-electron chi connectivity index (χ2n) is 4.01. The molecule has 2 rings (SSSR count). The summed E-state index contributed by atoms with van der Waals surface area (Å²) in [5.41, 5.74) is 4.41. The van der Waals surface area contributed by atoms with Crippen molar-refractivity contribution in [1.29, 1.82) is 0 Å². The van der Waals surface area contributed by atoms with E-state index >= 15 is 0 Å². The molecule has 90 valence electrons. The van der Waals surface area contributed by atoms with Crippen molar-refractivity contribution < 1.29 is 4.74 Å². The van der Waals surface area contributed by atoms with Crippen LogP contribution in [-0.4, -0.2) is 17.1 Å². The first kappa shape index (κ1) is 11.5. The minimum atomic E-state index is 0.725. The van der Waals surface area contributed by atoms with Crippen molar-refractivity contribution in [2.75, 3.05) is 12.4 Å². The average molecular weight is 231 g/mol. The number of ether oxygens (including phenoxy) is 1. The van der Waals surface area contributed by atoms with Gasteiger partial charge in [0.1, 0.15) is 5.75 Å². The summed E-state index contributed by atoms with van der Waals surface area (Å²) in [4.78, 5) is 7.32. The van der Waals surface area contributed by atoms with Crippen LogP contribution >= 0.6 is 0 Å². The molecule has 2 aromatic rings. The molecule has 1 heterocycles. The van der Waals surface area contributed by atoms with Crippen LogP contribution in [0, 0.1) is 13.8 Å². The van der Waals surface area contributed by atoms with Crippen LogP contribution in [0.2, 0.25) is 0 Å². The number of methoxy groups -OCH3 is 1. The third-order valence-electron chi connectivity index (χ3n) is 2.81. The normalized spacial score (nSPS) is 10.3. The molecule has 0 saturated heterocycles. The number of nitrogens with zero attached hydrogens (tertiary/aromatic N) is 1. The van der Waals surface area contributed by atoms with Gasteiger partial charge in [-0.15, -0.1) is 0 Å². The van der Waals surface area contributed by atoms with Crippen molar-refractivity contribution in [1.82, 2.24) is 9.97 Å². The molecule has 0 atom stereocenters. The summed E-state index contributed by atoms with van der Waals surface area (Å²) >= 11 is 0. The summed E-state index contributed by atoms with van der Waals surface area (Å²) in [5, 5.41) is 3.37. The van der Waals surface area contributed by atoms with E-state index in [2.05, 4.69) is 22.2 Å². The number of anilines is 1. The Morgan fingerprint density at radius 3 is 2.76 bits per heavy atom. The molecule has 0 spiro atoms. The fraction of sp³-hybridized carbons (Fsp3) is 0.308. The van der Waals surface area contributed by atoms with E-state index in [1.54, 1.807) is 13.4 Å².